The zero-order chi connectivity index (χ0) is 22.8. The van der Waals surface area contributed by atoms with Crippen molar-refractivity contribution in [3.8, 4) is 22.9 Å². The molecule has 0 aliphatic carbocycles. The van der Waals surface area contributed by atoms with Crippen molar-refractivity contribution in [3.63, 3.8) is 0 Å². The quantitative estimate of drug-likeness (QED) is 0.298. The summed E-state index contributed by atoms with van der Waals surface area (Å²) in [6, 6.07) is 7.63. The average molecular weight is 441 g/mol. The van der Waals surface area contributed by atoms with Crippen molar-refractivity contribution >= 4 is 5.97 Å². The van der Waals surface area contributed by atoms with Crippen LogP contribution in [0.5, 0.6) is 11.5 Å². The van der Waals surface area contributed by atoms with Crippen molar-refractivity contribution < 1.29 is 19.0 Å². The summed E-state index contributed by atoms with van der Waals surface area (Å²) in [5.41, 5.74) is 0.512. The van der Waals surface area contributed by atoms with Crippen LogP contribution in [-0.4, -0.2) is 35.3 Å². The number of carbonyl (C=O) groups is 1. The minimum absolute atomic E-state index is 0.149. The van der Waals surface area contributed by atoms with Crippen molar-refractivity contribution in [2.24, 2.45) is 5.41 Å². The Kier molecular flexibility index (Phi) is 8.89. The van der Waals surface area contributed by atoms with Crippen LogP contribution in [0.2, 0.25) is 0 Å². The molecule has 6 nitrogen and oxygen atoms in total. The van der Waals surface area contributed by atoms with Gasteiger partial charge in [0.1, 0.15) is 18.5 Å². The first-order valence-corrected chi connectivity index (χ1v) is 11.9. The topological polar surface area (TPSA) is 70.5 Å². The molecular weight excluding hydrogens is 404 g/mol. The number of nitrogens with zero attached hydrogens (tertiary/aromatic N) is 2. The van der Waals surface area contributed by atoms with E-state index in [9.17, 15) is 4.79 Å². The van der Waals surface area contributed by atoms with Crippen LogP contribution < -0.4 is 9.47 Å². The maximum atomic E-state index is 12.0. The molecule has 1 aliphatic rings. The lowest BCUT2D eigenvalue weighted by Crippen LogP contribution is -2.39. The van der Waals surface area contributed by atoms with Crippen LogP contribution in [0.1, 0.15) is 72.1 Å². The fourth-order valence-electron chi connectivity index (χ4n) is 3.61. The van der Waals surface area contributed by atoms with Crippen molar-refractivity contribution in [1.29, 1.82) is 0 Å². The summed E-state index contributed by atoms with van der Waals surface area (Å²) >= 11 is 0. The number of ether oxygens (including phenoxy) is 3. The predicted molar refractivity (Wildman–Crippen MR) is 125 cm³/mol. The zero-order valence-electron chi connectivity index (χ0n) is 19.6. The summed E-state index contributed by atoms with van der Waals surface area (Å²) in [6.45, 7) is 7.13. The third-order valence-corrected chi connectivity index (χ3v) is 5.86. The Bertz CT molecular complexity index is 834. The van der Waals surface area contributed by atoms with Crippen LogP contribution >= 0.6 is 0 Å². The number of hydrogen-bond acceptors (Lipinski definition) is 6. The molecule has 2 heterocycles. The number of carbonyl (C=O) groups excluding carboxylic acids is 1. The minimum atomic E-state index is -0.396. The van der Waals surface area contributed by atoms with Crippen molar-refractivity contribution in [1.82, 2.24) is 9.97 Å². The minimum Gasteiger partial charge on any atom is -0.490 e. The Morgan fingerprint density at radius 2 is 1.66 bits per heavy atom. The van der Waals surface area contributed by atoms with Gasteiger partial charge in [0, 0.05) is 5.56 Å². The van der Waals surface area contributed by atoms with Crippen LogP contribution in [0.25, 0.3) is 11.4 Å². The highest BCUT2D eigenvalue weighted by Gasteiger charge is 2.36. The number of cyclic esters (lactones) is 1. The summed E-state index contributed by atoms with van der Waals surface area (Å²) in [5.74, 6) is 1.93. The maximum Gasteiger partial charge on any atom is 0.311 e. The monoisotopic (exact) mass is 440 g/mol. The number of unbranched alkanes of at least 4 members (excludes halogenated alkanes) is 5. The highest BCUT2D eigenvalue weighted by molar-refractivity contribution is 5.76. The van der Waals surface area contributed by atoms with Gasteiger partial charge >= 0.3 is 5.97 Å². The first-order valence-electron chi connectivity index (χ1n) is 11.9. The second-order valence-corrected chi connectivity index (χ2v) is 9.14. The summed E-state index contributed by atoms with van der Waals surface area (Å²) in [5, 5.41) is 0. The van der Waals surface area contributed by atoms with E-state index >= 15 is 0 Å². The highest BCUT2D eigenvalue weighted by Crippen LogP contribution is 2.31. The van der Waals surface area contributed by atoms with E-state index < -0.39 is 5.41 Å². The predicted octanol–water partition coefficient (Wildman–Crippen LogP) is 5.99. The van der Waals surface area contributed by atoms with E-state index in [-0.39, 0.29) is 12.1 Å². The highest BCUT2D eigenvalue weighted by atomic mass is 16.6. The van der Waals surface area contributed by atoms with E-state index in [2.05, 4.69) is 16.9 Å². The van der Waals surface area contributed by atoms with Crippen molar-refractivity contribution in [2.45, 2.75) is 78.2 Å². The van der Waals surface area contributed by atoms with E-state index in [1.54, 1.807) is 12.4 Å². The molecule has 32 heavy (non-hydrogen) atoms. The molecular formula is C26H36N2O4. The fourth-order valence-corrected chi connectivity index (χ4v) is 3.61. The maximum absolute atomic E-state index is 12.0. The number of hydrogen-bond donors (Lipinski definition) is 0. The van der Waals surface area contributed by atoms with Crippen LogP contribution in [-0.2, 0) is 9.53 Å². The molecule has 1 aromatic heterocycles. The van der Waals surface area contributed by atoms with E-state index in [0.29, 0.717) is 24.8 Å². The Morgan fingerprint density at radius 3 is 2.34 bits per heavy atom. The summed E-state index contributed by atoms with van der Waals surface area (Å²) in [4.78, 5) is 20.8. The van der Waals surface area contributed by atoms with Gasteiger partial charge in [-0.1, -0.05) is 39.0 Å². The lowest BCUT2D eigenvalue weighted by Gasteiger charge is -2.32. The van der Waals surface area contributed by atoms with Gasteiger partial charge in [-0.2, -0.15) is 0 Å². The largest absolute Gasteiger partial charge is 0.490 e. The lowest BCUT2D eigenvalue weighted by molar-refractivity contribution is -0.169. The fraction of sp³-hybridized carbons (Fsp3) is 0.577. The Hall–Kier alpha value is -2.63. The molecule has 1 atom stereocenters. The summed E-state index contributed by atoms with van der Waals surface area (Å²) in [7, 11) is 0. The summed E-state index contributed by atoms with van der Waals surface area (Å²) in [6.07, 6.45) is 12.3. The third-order valence-electron chi connectivity index (χ3n) is 5.86. The molecule has 2 aromatic rings. The van der Waals surface area contributed by atoms with E-state index in [0.717, 1.165) is 30.6 Å². The molecule has 6 heteroatoms. The molecule has 174 valence electrons. The lowest BCUT2D eigenvalue weighted by atomic mass is 9.84. The van der Waals surface area contributed by atoms with Gasteiger partial charge in [0.05, 0.1) is 24.4 Å². The van der Waals surface area contributed by atoms with Gasteiger partial charge in [0.15, 0.2) is 11.6 Å². The smallest absolute Gasteiger partial charge is 0.311 e. The van der Waals surface area contributed by atoms with Crippen LogP contribution in [0, 0.1) is 5.41 Å². The average Bonchev–Trinajstić information content (AvgIpc) is 2.80. The molecule has 1 fully saturated rings. The van der Waals surface area contributed by atoms with Gasteiger partial charge in [-0.05, 0) is 57.4 Å². The normalized spacial score (nSPS) is 17.6. The van der Waals surface area contributed by atoms with Gasteiger partial charge < -0.3 is 14.2 Å². The molecule has 0 radical (unpaired) electrons. The van der Waals surface area contributed by atoms with E-state index in [1.165, 1.54) is 32.1 Å². The van der Waals surface area contributed by atoms with Crippen LogP contribution in [0.3, 0.4) is 0 Å². The molecule has 3 rings (SSSR count). The second kappa shape index (κ2) is 11.8. The van der Waals surface area contributed by atoms with E-state index in [4.69, 9.17) is 14.2 Å². The Labute approximate surface area is 191 Å². The SMILES string of the molecule is CCCCCCCCOc1cnc(-c2ccc(OC[C@@H]3CCC(C)(C)C(=O)O3)cc2)nc1. The Morgan fingerprint density at radius 1 is 0.969 bits per heavy atom. The van der Waals surface area contributed by atoms with Gasteiger partial charge in [-0.15, -0.1) is 0 Å². The molecule has 0 N–H and O–H groups in total. The van der Waals surface area contributed by atoms with Gasteiger partial charge in [0.2, 0.25) is 0 Å². The van der Waals surface area contributed by atoms with Crippen molar-refractivity contribution in [2.75, 3.05) is 13.2 Å². The molecule has 0 unspecified atom stereocenters. The molecule has 0 bridgehead atoms. The van der Waals surface area contributed by atoms with E-state index in [1.807, 2.05) is 38.1 Å². The van der Waals surface area contributed by atoms with Crippen molar-refractivity contribution in [3.05, 3.63) is 36.7 Å². The molecule has 1 aromatic carbocycles. The summed E-state index contributed by atoms with van der Waals surface area (Å²) < 4.78 is 17.1. The second-order valence-electron chi connectivity index (χ2n) is 9.14. The van der Waals surface area contributed by atoms with Gasteiger partial charge in [-0.3, -0.25) is 4.79 Å². The van der Waals surface area contributed by atoms with Crippen LogP contribution in [0.15, 0.2) is 36.7 Å². The molecule has 0 amide bonds. The molecule has 0 saturated carbocycles. The van der Waals surface area contributed by atoms with Gasteiger partial charge in [0.25, 0.3) is 0 Å². The number of benzene rings is 1. The Balaban J connectivity index is 1.41. The van der Waals surface area contributed by atoms with Gasteiger partial charge in [-0.25, -0.2) is 9.97 Å². The molecule has 0 spiro atoms. The molecule has 1 saturated heterocycles. The molecule has 1 aliphatic heterocycles. The third kappa shape index (κ3) is 7.21. The van der Waals surface area contributed by atoms with Crippen LogP contribution in [0.4, 0.5) is 0 Å². The standard InChI is InChI=1S/C26H36N2O4/c1-4-5-6-7-8-9-16-30-23-17-27-24(28-18-23)20-10-12-21(13-11-20)31-19-22-14-15-26(2,3)25(29)32-22/h10-13,17-18,22H,4-9,14-16,19H2,1-3H3/t22-/m0/s1. The first kappa shape index (κ1) is 24.0. The number of rotatable bonds is 12. The zero-order valence-corrected chi connectivity index (χ0v) is 19.6. The number of aromatic nitrogens is 2. The first-order chi connectivity index (χ1) is 15.5. The number of esters is 1.